The van der Waals surface area contributed by atoms with E-state index < -0.39 is 0 Å². The van der Waals surface area contributed by atoms with Gasteiger partial charge in [0, 0.05) is 0 Å². The molecule has 1 aromatic carbocycles. The molecular formula is C21H27NO4. The Balaban J connectivity index is 0.000000289. The Bertz CT molecular complexity index is 610. The maximum absolute atomic E-state index is 11.7. The molecule has 0 aliphatic carbocycles. The van der Waals surface area contributed by atoms with E-state index in [1.54, 1.807) is 18.2 Å². The normalized spacial score (nSPS) is 16.8. The van der Waals surface area contributed by atoms with Crippen LogP contribution in [0.15, 0.2) is 67.3 Å². The van der Waals surface area contributed by atoms with Crippen molar-refractivity contribution < 1.29 is 19.1 Å². The first-order valence-corrected chi connectivity index (χ1v) is 8.52. The van der Waals surface area contributed by atoms with Crippen LogP contribution in [-0.4, -0.2) is 43.6 Å². The van der Waals surface area contributed by atoms with Crippen molar-refractivity contribution in [1.82, 2.24) is 4.90 Å². The number of rotatable bonds is 8. The molecule has 140 valence electrons. The van der Waals surface area contributed by atoms with Gasteiger partial charge in [-0.05, 0) is 37.6 Å². The van der Waals surface area contributed by atoms with E-state index in [0.717, 1.165) is 30.5 Å². The van der Waals surface area contributed by atoms with Gasteiger partial charge in [0.25, 0.3) is 6.47 Å². The van der Waals surface area contributed by atoms with Crippen LogP contribution in [0.3, 0.4) is 0 Å². The summed E-state index contributed by atoms with van der Waals surface area (Å²) in [5.74, 6) is -0.142. The van der Waals surface area contributed by atoms with Gasteiger partial charge in [-0.15, -0.1) is 0 Å². The highest BCUT2D eigenvalue weighted by Gasteiger charge is 2.28. The van der Waals surface area contributed by atoms with Crippen LogP contribution in [0.1, 0.15) is 18.4 Å². The van der Waals surface area contributed by atoms with Gasteiger partial charge in [0.1, 0.15) is 19.3 Å². The summed E-state index contributed by atoms with van der Waals surface area (Å²) in [7, 11) is 1.95. The lowest BCUT2D eigenvalue weighted by atomic mass is 10.2. The Morgan fingerprint density at radius 3 is 2.58 bits per heavy atom. The van der Waals surface area contributed by atoms with Gasteiger partial charge in [-0.1, -0.05) is 61.7 Å². The van der Waals surface area contributed by atoms with Gasteiger partial charge in [0.15, 0.2) is 0 Å². The van der Waals surface area contributed by atoms with Crippen molar-refractivity contribution in [2.45, 2.75) is 25.5 Å². The second kappa shape index (κ2) is 12.7. The Morgan fingerprint density at radius 1 is 1.31 bits per heavy atom. The number of ether oxygens (including phenoxy) is 2. The molecule has 0 radical (unpaired) electrons. The number of carbonyl (C=O) groups is 2. The summed E-state index contributed by atoms with van der Waals surface area (Å²) in [6.07, 6.45) is 7.08. The van der Waals surface area contributed by atoms with E-state index in [4.69, 9.17) is 4.74 Å². The number of esters is 1. The minimum Gasteiger partial charge on any atom is -0.463 e. The zero-order chi connectivity index (χ0) is 19.2. The first-order valence-electron chi connectivity index (χ1n) is 8.52. The number of benzene rings is 1. The Hall–Kier alpha value is -2.66. The summed E-state index contributed by atoms with van der Waals surface area (Å²) in [6, 6.07) is 9.47. The van der Waals surface area contributed by atoms with Gasteiger partial charge in [-0.2, -0.15) is 0 Å². The van der Waals surface area contributed by atoms with Gasteiger partial charge in [0.05, 0.1) is 0 Å². The first kappa shape index (κ1) is 21.4. The smallest absolute Gasteiger partial charge is 0.323 e. The average Bonchev–Trinajstić information content (AvgIpc) is 3.10. The fraction of sp³-hybridized carbons (Fsp3) is 0.333. The van der Waals surface area contributed by atoms with Crippen molar-refractivity contribution in [1.29, 1.82) is 0 Å². The lowest BCUT2D eigenvalue weighted by Crippen LogP contribution is -2.34. The molecule has 0 bridgehead atoms. The van der Waals surface area contributed by atoms with Crippen LogP contribution in [0, 0.1) is 0 Å². The van der Waals surface area contributed by atoms with Gasteiger partial charge in [-0.3, -0.25) is 14.5 Å². The van der Waals surface area contributed by atoms with Crippen LogP contribution in [0.2, 0.25) is 0 Å². The van der Waals surface area contributed by atoms with E-state index >= 15 is 0 Å². The number of nitrogens with zero attached hydrogens (tertiary/aromatic N) is 1. The van der Waals surface area contributed by atoms with E-state index in [9.17, 15) is 9.59 Å². The molecule has 0 amide bonds. The largest absolute Gasteiger partial charge is 0.463 e. The van der Waals surface area contributed by atoms with E-state index in [0.29, 0.717) is 13.1 Å². The molecule has 1 aromatic rings. The zero-order valence-corrected chi connectivity index (χ0v) is 15.3. The standard InChI is InChI=1S/C13H19NO2.C8H8O2/c1-4-7-11(5-2)10-16-13(15)12-8-6-9-14(12)3;9-7-10-6-8-4-2-1-3-5-8/h4-5,7,12H,1-2,6,8-10H2,3H3;1-5,7H,6H2/b11-7+;. The molecule has 0 spiro atoms. The van der Waals surface area contributed by atoms with Gasteiger partial charge >= 0.3 is 5.97 Å². The van der Waals surface area contributed by atoms with Crippen molar-refractivity contribution in [3.63, 3.8) is 0 Å². The molecule has 0 aromatic heterocycles. The van der Waals surface area contributed by atoms with E-state index in [1.807, 2.05) is 42.3 Å². The number of allylic oxidation sites excluding steroid dienone is 2. The topological polar surface area (TPSA) is 55.8 Å². The quantitative estimate of drug-likeness (QED) is 0.406. The Kier molecular flexibility index (Phi) is 10.4. The molecule has 2 rings (SSSR count). The molecule has 1 heterocycles. The molecule has 1 atom stereocenters. The second-order valence-corrected chi connectivity index (χ2v) is 5.82. The molecule has 1 fully saturated rings. The van der Waals surface area contributed by atoms with Crippen LogP contribution in [-0.2, 0) is 25.7 Å². The predicted octanol–water partition coefficient (Wildman–Crippen LogP) is 3.28. The van der Waals surface area contributed by atoms with Crippen LogP contribution >= 0.6 is 0 Å². The van der Waals surface area contributed by atoms with Gasteiger partial charge < -0.3 is 9.47 Å². The van der Waals surface area contributed by atoms with Gasteiger partial charge in [0.2, 0.25) is 0 Å². The third kappa shape index (κ3) is 7.94. The average molecular weight is 357 g/mol. The maximum Gasteiger partial charge on any atom is 0.323 e. The number of hydrogen-bond acceptors (Lipinski definition) is 5. The highest BCUT2D eigenvalue weighted by Crippen LogP contribution is 2.16. The number of carbonyl (C=O) groups excluding carboxylic acids is 2. The molecule has 5 nitrogen and oxygen atoms in total. The van der Waals surface area contributed by atoms with Gasteiger partial charge in [-0.25, -0.2) is 0 Å². The Labute approximate surface area is 155 Å². The van der Waals surface area contributed by atoms with Crippen LogP contribution in [0.5, 0.6) is 0 Å². The van der Waals surface area contributed by atoms with Crippen molar-refractivity contribution in [3.8, 4) is 0 Å². The number of likely N-dealkylation sites (N-methyl/N-ethyl adjacent to an activating group) is 1. The fourth-order valence-corrected chi connectivity index (χ4v) is 2.49. The monoisotopic (exact) mass is 357 g/mol. The summed E-state index contributed by atoms with van der Waals surface area (Å²) >= 11 is 0. The van der Waals surface area contributed by atoms with Crippen LogP contribution in [0.4, 0.5) is 0 Å². The summed E-state index contributed by atoms with van der Waals surface area (Å²) in [4.78, 5) is 23.5. The molecule has 1 aliphatic heterocycles. The SMILES string of the molecule is C=C/C=C(\C=C)COC(=O)C1CCCN1C.O=COCc1ccccc1. The van der Waals surface area contributed by atoms with Crippen LogP contribution < -0.4 is 0 Å². The van der Waals surface area contributed by atoms with Crippen molar-refractivity contribution in [3.05, 3.63) is 72.9 Å². The predicted molar refractivity (Wildman–Crippen MR) is 102 cm³/mol. The van der Waals surface area contributed by atoms with E-state index in [1.165, 1.54) is 0 Å². The molecule has 0 N–H and O–H groups in total. The number of likely N-dealkylation sites (tertiary alicyclic amines) is 1. The molecule has 1 unspecified atom stereocenters. The third-order valence-electron chi connectivity index (χ3n) is 3.93. The highest BCUT2D eigenvalue weighted by atomic mass is 16.5. The minimum absolute atomic E-state index is 0.0743. The fourth-order valence-electron chi connectivity index (χ4n) is 2.49. The molecule has 26 heavy (non-hydrogen) atoms. The van der Waals surface area contributed by atoms with Crippen molar-refractivity contribution in [2.75, 3.05) is 20.2 Å². The maximum atomic E-state index is 11.7. The molecule has 5 heteroatoms. The minimum atomic E-state index is -0.142. The summed E-state index contributed by atoms with van der Waals surface area (Å²) in [6.45, 7) is 9.31. The zero-order valence-electron chi connectivity index (χ0n) is 15.3. The summed E-state index contributed by atoms with van der Waals surface area (Å²) in [5, 5.41) is 0. The lowest BCUT2D eigenvalue weighted by Gasteiger charge is -2.17. The van der Waals surface area contributed by atoms with Crippen molar-refractivity contribution in [2.24, 2.45) is 0 Å². The number of hydrogen-bond donors (Lipinski definition) is 0. The highest BCUT2D eigenvalue weighted by molar-refractivity contribution is 5.76. The molecule has 0 saturated carbocycles. The molecule has 1 aliphatic rings. The van der Waals surface area contributed by atoms with Crippen LogP contribution in [0.25, 0.3) is 0 Å². The summed E-state index contributed by atoms with van der Waals surface area (Å²) < 4.78 is 9.77. The summed E-state index contributed by atoms with van der Waals surface area (Å²) in [5.41, 5.74) is 1.87. The van der Waals surface area contributed by atoms with Crippen molar-refractivity contribution >= 4 is 12.4 Å². The molecular weight excluding hydrogens is 330 g/mol. The van der Waals surface area contributed by atoms with E-state index in [-0.39, 0.29) is 18.6 Å². The lowest BCUT2D eigenvalue weighted by molar-refractivity contribution is -0.147. The second-order valence-electron chi connectivity index (χ2n) is 5.82. The third-order valence-corrected chi connectivity index (χ3v) is 3.93. The van der Waals surface area contributed by atoms with E-state index in [2.05, 4.69) is 17.9 Å². The Morgan fingerprint density at radius 2 is 2.04 bits per heavy atom. The first-order chi connectivity index (χ1) is 12.6. The molecule has 1 saturated heterocycles.